The van der Waals surface area contributed by atoms with Crippen molar-refractivity contribution >= 4 is 34.9 Å². The molecule has 3 rings (SSSR count). The van der Waals surface area contributed by atoms with Gasteiger partial charge in [0.2, 0.25) is 5.91 Å². The van der Waals surface area contributed by atoms with Crippen LogP contribution in [-0.4, -0.2) is 52.1 Å². The quantitative estimate of drug-likeness (QED) is 0.704. The van der Waals surface area contributed by atoms with Crippen LogP contribution in [0.5, 0.6) is 5.75 Å². The van der Waals surface area contributed by atoms with E-state index < -0.39 is 11.1 Å². The highest BCUT2D eigenvalue weighted by atomic mass is 32.2. The first-order valence-electron chi connectivity index (χ1n) is 8.20. The Hall–Kier alpha value is -3.07. The maximum Gasteiger partial charge on any atom is 0.294 e. The van der Waals surface area contributed by atoms with Crippen molar-refractivity contribution in [2.45, 2.75) is 6.42 Å². The third kappa shape index (κ3) is 4.76. The second kappa shape index (κ2) is 8.54. The van der Waals surface area contributed by atoms with Crippen molar-refractivity contribution in [1.82, 2.24) is 20.2 Å². The number of carbonyl (C=O) groups is 3. The molecule has 1 saturated heterocycles. The first-order valence-corrected chi connectivity index (χ1v) is 9.02. The van der Waals surface area contributed by atoms with Crippen LogP contribution in [0.3, 0.4) is 0 Å². The van der Waals surface area contributed by atoms with Crippen LogP contribution in [0.4, 0.5) is 4.79 Å². The van der Waals surface area contributed by atoms with Gasteiger partial charge < -0.3 is 15.0 Å². The van der Waals surface area contributed by atoms with E-state index >= 15 is 0 Å². The van der Waals surface area contributed by atoms with Crippen molar-refractivity contribution in [2.24, 2.45) is 0 Å². The molecular weight excluding hydrogens is 368 g/mol. The smallest absolute Gasteiger partial charge is 0.294 e. The Bertz CT molecular complexity index is 862. The SMILES string of the molecule is COc1ccc(C=C2SC(=O)N(CC(=O)NCCc3cnc[nH]3)C2=O)cc1. The molecule has 1 aromatic carbocycles. The largest absolute Gasteiger partial charge is 0.497 e. The number of carbonyl (C=O) groups excluding carboxylic acids is 3. The van der Waals surface area contributed by atoms with Crippen molar-refractivity contribution in [3.63, 3.8) is 0 Å². The summed E-state index contributed by atoms with van der Waals surface area (Å²) in [4.78, 5) is 44.6. The molecule has 1 aromatic heterocycles. The van der Waals surface area contributed by atoms with Crippen LogP contribution in [0.25, 0.3) is 6.08 Å². The Morgan fingerprint density at radius 3 is 2.78 bits per heavy atom. The van der Waals surface area contributed by atoms with Crippen LogP contribution in [-0.2, 0) is 16.0 Å². The van der Waals surface area contributed by atoms with Gasteiger partial charge in [0.05, 0.1) is 18.3 Å². The van der Waals surface area contributed by atoms with Gasteiger partial charge in [-0.05, 0) is 35.5 Å². The van der Waals surface area contributed by atoms with Gasteiger partial charge in [-0.1, -0.05) is 12.1 Å². The fraction of sp³-hybridized carbons (Fsp3) is 0.222. The zero-order chi connectivity index (χ0) is 19.2. The highest BCUT2D eigenvalue weighted by molar-refractivity contribution is 8.18. The van der Waals surface area contributed by atoms with Crippen LogP contribution in [0.15, 0.2) is 41.7 Å². The molecule has 0 unspecified atom stereocenters. The first kappa shape index (κ1) is 18.7. The van der Waals surface area contributed by atoms with Crippen LogP contribution >= 0.6 is 11.8 Å². The summed E-state index contributed by atoms with van der Waals surface area (Å²) in [6.45, 7) is 0.0898. The van der Waals surface area contributed by atoms with E-state index in [0.29, 0.717) is 18.7 Å². The lowest BCUT2D eigenvalue weighted by atomic mass is 10.2. The van der Waals surface area contributed by atoms with Crippen LogP contribution < -0.4 is 10.1 Å². The molecule has 3 amide bonds. The fourth-order valence-electron chi connectivity index (χ4n) is 2.45. The van der Waals surface area contributed by atoms with Crippen LogP contribution in [0.2, 0.25) is 0 Å². The molecule has 0 spiro atoms. The van der Waals surface area contributed by atoms with Gasteiger partial charge >= 0.3 is 0 Å². The summed E-state index contributed by atoms with van der Waals surface area (Å²) in [5.74, 6) is -0.154. The van der Waals surface area contributed by atoms with E-state index in [1.54, 1.807) is 50.0 Å². The number of H-pyrrole nitrogens is 1. The van der Waals surface area contributed by atoms with Gasteiger partial charge in [0.15, 0.2) is 0 Å². The number of rotatable bonds is 7. The van der Waals surface area contributed by atoms with Gasteiger partial charge in [-0.3, -0.25) is 19.3 Å². The van der Waals surface area contributed by atoms with Gasteiger partial charge in [0.1, 0.15) is 12.3 Å². The summed E-state index contributed by atoms with van der Waals surface area (Å²) in [6.07, 6.45) is 5.45. The molecule has 1 aliphatic rings. The molecule has 1 fully saturated rings. The Morgan fingerprint density at radius 2 is 2.11 bits per heavy atom. The number of ether oxygens (including phenoxy) is 1. The molecule has 0 bridgehead atoms. The number of methoxy groups -OCH3 is 1. The number of benzene rings is 1. The lowest BCUT2D eigenvalue weighted by molar-refractivity contribution is -0.129. The monoisotopic (exact) mass is 386 g/mol. The van der Waals surface area contributed by atoms with E-state index in [2.05, 4.69) is 15.3 Å². The van der Waals surface area contributed by atoms with Crippen molar-refractivity contribution in [2.75, 3.05) is 20.2 Å². The summed E-state index contributed by atoms with van der Waals surface area (Å²) < 4.78 is 5.09. The van der Waals surface area contributed by atoms with E-state index in [9.17, 15) is 14.4 Å². The normalized spacial score (nSPS) is 15.4. The maximum atomic E-state index is 12.4. The average Bonchev–Trinajstić information content (AvgIpc) is 3.27. The van der Waals surface area contributed by atoms with Crippen molar-refractivity contribution in [3.05, 3.63) is 53.0 Å². The van der Waals surface area contributed by atoms with Crippen LogP contribution in [0, 0.1) is 0 Å². The summed E-state index contributed by atoms with van der Waals surface area (Å²) in [5.41, 5.74) is 1.66. The molecular formula is C18H18N4O4S. The van der Waals surface area contributed by atoms with E-state index in [-0.39, 0.29) is 17.4 Å². The Kier molecular flexibility index (Phi) is 5.92. The number of hydrogen-bond donors (Lipinski definition) is 2. The van der Waals surface area contributed by atoms with E-state index in [4.69, 9.17) is 4.74 Å². The number of amides is 3. The lowest BCUT2D eigenvalue weighted by Gasteiger charge is -2.12. The molecule has 140 valence electrons. The van der Waals surface area contributed by atoms with Crippen molar-refractivity contribution < 1.29 is 19.1 Å². The third-order valence-corrected chi connectivity index (χ3v) is 4.77. The van der Waals surface area contributed by atoms with Gasteiger partial charge in [-0.15, -0.1) is 0 Å². The Balaban J connectivity index is 1.56. The standard InChI is InChI=1S/C18H18N4O4S/c1-26-14-4-2-12(3-5-14)8-15-17(24)22(18(25)27-15)10-16(23)20-7-6-13-9-19-11-21-13/h2-5,8-9,11H,6-7,10H2,1H3,(H,19,21)(H,20,23). The van der Waals surface area contributed by atoms with Gasteiger partial charge in [0.25, 0.3) is 11.1 Å². The van der Waals surface area contributed by atoms with E-state index in [0.717, 1.165) is 27.9 Å². The summed E-state index contributed by atoms with van der Waals surface area (Å²) in [5, 5.41) is 2.24. The van der Waals surface area contributed by atoms with Gasteiger partial charge in [0, 0.05) is 24.9 Å². The number of imidazole rings is 1. The summed E-state index contributed by atoms with van der Waals surface area (Å²) in [6, 6.07) is 7.11. The van der Waals surface area contributed by atoms with Crippen molar-refractivity contribution in [1.29, 1.82) is 0 Å². The molecule has 1 aliphatic heterocycles. The van der Waals surface area contributed by atoms with Gasteiger partial charge in [-0.2, -0.15) is 0 Å². The van der Waals surface area contributed by atoms with Gasteiger partial charge in [-0.25, -0.2) is 4.98 Å². The average molecular weight is 386 g/mol. The zero-order valence-electron chi connectivity index (χ0n) is 14.6. The summed E-state index contributed by atoms with van der Waals surface area (Å²) in [7, 11) is 1.57. The Labute approximate surface area is 160 Å². The predicted octanol–water partition coefficient (Wildman–Crippen LogP) is 1.81. The molecule has 2 aromatic rings. The number of imide groups is 1. The molecule has 0 aliphatic carbocycles. The maximum absolute atomic E-state index is 12.4. The second-order valence-corrected chi connectivity index (χ2v) is 6.71. The first-order chi connectivity index (χ1) is 13.1. The minimum absolute atomic E-state index is 0.287. The number of aromatic amines is 1. The van der Waals surface area contributed by atoms with E-state index in [1.165, 1.54) is 0 Å². The molecule has 2 heterocycles. The number of hydrogen-bond acceptors (Lipinski definition) is 6. The topological polar surface area (TPSA) is 104 Å². The predicted molar refractivity (Wildman–Crippen MR) is 101 cm³/mol. The minimum Gasteiger partial charge on any atom is -0.497 e. The molecule has 0 radical (unpaired) electrons. The van der Waals surface area contributed by atoms with Crippen molar-refractivity contribution in [3.8, 4) is 5.75 Å². The number of nitrogens with one attached hydrogen (secondary N) is 2. The highest BCUT2D eigenvalue weighted by Crippen LogP contribution is 2.32. The molecule has 9 heteroatoms. The molecule has 8 nitrogen and oxygen atoms in total. The highest BCUT2D eigenvalue weighted by Gasteiger charge is 2.36. The number of nitrogens with zero attached hydrogens (tertiary/aromatic N) is 2. The second-order valence-electron chi connectivity index (χ2n) is 5.72. The summed E-state index contributed by atoms with van der Waals surface area (Å²) >= 11 is 0.824. The number of thioether (sulfide) groups is 1. The van der Waals surface area contributed by atoms with E-state index in [1.807, 2.05) is 0 Å². The fourth-order valence-corrected chi connectivity index (χ4v) is 3.28. The number of aromatic nitrogens is 2. The molecule has 0 atom stereocenters. The molecule has 2 N–H and O–H groups in total. The molecule has 27 heavy (non-hydrogen) atoms. The third-order valence-electron chi connectivity index (χ3n) is 3.86. The molecule has 0 saturated carbocycles. The zero-order valence-corrected chi connectivity index (χ0v) is 15.4. The minimum atomic E-state index is -0.468. The van der Waals surface area contributed by atoms with Crippen LogP contribution in [0.1, 0.15) is 11.3 Å². The Morgan fingerprint density at radius 1 is 1.33 bits per heavy atom. The lowest BCUT2D eigenvalue weighted by Crippen LogP contribution is -2.40.